The summed E-state index contributed by atoms with van der Waals surface area (Å²) < 4.78 is 5.11. The first-order chi connectivity index (χ1) is 12.1. The van der Waals surface area contributed by atoms with Gasteiger partial charge < -0.3 is 15.0 Å². The van der Waals surface area contributed by atoms with Crippen molar-refractivity contribution < 1.29 is 14.3 Å². The number of pyridine rings is 1. The van der Waals surface area contributed by atoms with Gasteiger partial charge in [0.25, 0.3) is 0 Å². The van der Waals surface area contributed by atoms with Crippen LogP contribution in [0.25, 0.3) is 0 Å². The zero-order valence-corrected chi connectivity index (χ0v) is 14.6. The van der Waals surface area contributed by atoms with Crippen LogP contribution in [-0.2, 0) is 22.6 Å². The highest BCUT2D eigenvalue weighted by molar-refractivity contribution is 5.83. The molecule has 0 spiro atoms. The Morgan fingerprint density at radius 2 is 1.92 bits per heavy atom. The molecule has 2 aromatic rings. The molecular formula is C19H23N3O3. The Bertz CT molecular complexity index is 687. The first-order valence-corrected chi connectivity index (χ1v) is 8.13. The van der Waals surface area contributed by atoms with Crippen molar-refractivity contribution in [2.45, 2.75) is 19.9 Å². The summed E-state index contributed by atoms with van der Waals surface area (Å²) in [4.78, 5) is 29.5. The Labute approximate surface area is 147 Å². The van der Waals surface area contributed by atoms with Crippen molar-refractivity contribution >= 4 is 11.8 Å². The van der Waals surface area contributed by atoms with E-state index in [4.69, 9.17) is 4.74 Å². The predicted molar refractivity (Wildman–Crippen MR) is 95.0 cm³/mol. The van der Waals surface area contributed by atoms with Crippen LogP contribution in [0, 0.1) is 0 Å². The maximum absolute atomic E-state index is 12.1. The minimum Gasteiger partial charge on any atom is -0.497 e. The van der Waals surface area contributed by atoms with Gasteiger partial charge in [-0.25, -0.2) is 0 Å². The van der Waals surface area contributed by atoms with Crippen LogP contribution in [0.1, 0.15) is 18.2 Å². The number of nitrogens with one attached hydrogen (secondary N) is 1. The molecule has 0 aliphatic heterocycles. The second-order valence-corrected chi connectivity index (χ2v) is 5.64. The molecule has 1 aromatic heterocycles. The number of hydrogen-bond donors (Lipinski definition) is 1. The van der Waals surface area contributed by atoms with Crippen LogP contribution in [0.15, 0.2) is 48.7 Å². The molecule has 0 aliphatic carbocycles. The summed E-state index contributed by atoms with van der Waals surface area (Å²) in [5.74, 6) is 0.468. The first kappa shape index (κ1) is 18.4. The Hall–Kier alpha value is -2.89. The highest BCUT2D eigenvalue weighted by atomic mass is 16.5. The van der Waals surface area contributed by atoms with Gasteiger partial charge in [-0.2, -0.15) is 0 Å². The third kappa shape index (κ3) is 6.25. The number of aromatic nitrogens is 1. The topological polar surface area (TPSA) is 71.5 Å². The molecule has 0 radical (unpaired) electrons. The van der Waals surface area contributed by atoms with Crippen molar-refractivity contribution in [1.82, 2.24) is 15.2 Å². The van der Waals surface area contributed by atoms with Crippen molar-refractivity contribution in [2.24, 2.45) is 0 Å². The molecule has 25 heavy (non-hydrogen) atoms. The van der Waals surface area contributed by atoms with E-state index >= 15 is 0 Å². The first-order valence-electron chi connectivity index (χ1n) is 8.13. The van der Waals surface area contributed by atoms with E-state index < -0.39 is 0 Å². The third-order valence-corrected chi connectivity index (χ3v) is 3.75. The number of rotatable bonds is 8. The zero-order valence-electron chi connectivity index (χ0n) is 14.6. The van der Waals surface area contributed by atoms with E-state index in [1.807, 2.05) is 42.5 Å². The van der Waals surface area contributed by atoms with Crippen molar-refractivity contribution in [3.05, 3.63) is 59.9 Å². The summed E-state index contributed by atoms with van der Waals surface area (Å²) in [5.41, 5.74) is 1.86. The number of methoxy groups -OCH3 is 1. The summed E-state index contributed by atoms with van der Waals surface area (Å²) in [6, 6.07) is 13.2. The molecule has 0 bridgehead atoms. The second kappa shape index (κ2) is 9.42. The van der Waals surface area contributed by atoms with Crippen LogP contribution >= 0.6 is 0 Å². The normalized spacial score (nSPS) is 10.2. The predicted octanol–water partition coefficient (Wildman–Crippen LogP) is 1.80. The van der Waals surface area contributed by atoms with E-state index in [1.165, 1.54) is 11.8 Å². The van der Waals surface area contributed by atoms with Gasteiger partial charge in [0.15, 0.2) is 0 Å². The van der Waals surface area contributed by atoms with E-state index in [0.29, 0.717) is 13.1 Å². The smallest absolute Gasteiger partial charge is 0.239 e. The Morgan fingerprint density at radius 1 is 1.16 bits per heavy atom. The molecular weight excluding hydrogens is 318 g/mol. The van der Waals surface area contributed by atoms with E-state index in [0.717, 1.165) is 23.4 Å². The van der Waals surface area contributed by atoms with Crippen molar-refractivity contribution in [3.8, 4) is 5.75 Å². The van der Waals surface area contributed by atoms with E-state index in [9.17, 15) is 9.59 Å². The van der Waals surface area contributed by atoms with Crippen LogP contribution in [0.5, 0.6) is 5.75 Å². The second-order valence-electron chi connectivity index (χ2n) is 5.64. The molecule has 0 aliphatic rings. The van der Waals surface area contributed by atoms with Gasteiger partial charge in [0.1, 0.15) is 5.75 Å². The minimum absolute atomic E-state index is 0.0223. The maximum Gasteiger partial charge on any atom is 0.239 e. The fourth-order valence-electron chi connectivity index (χ4n) is 2.33. The lowest BCUT2D eigenvalue weighted by atomic mass is 10.1. The number of carbonyl (C=O) groups is 2. The number of ether oxygens (including phenoxy) is 1. The zero-order chi connectivity index (χ0) is 18.1. The average molecular weight is 341 g/mol. The standard InChI is InChI=1S/C19H23N3O3/c1-15(23)22(13-17-5-3-4-11-20-17)14-19(24)21-12-10-16-6-8-18(25-2)9-7-16/h3-9,11H,10,12-14H2,1-2H3,(H,21,24). The molecule has 6 heteroatoms. The summed E-state index contributed by atoms with van der Waals surface area (Å²) in [6.07, 6.45) is 2.39. The molecule has 0 atom stereocenters. The molecule has 2 rings (SSSR count). The van der Waals surface area contributed by atoms with Gasteiger partial charge in [-0.1, -0.05) is 18.2 Å². The van der Waals surface area contributed by atoms with Gasteiger partial charge in [-0.05, 0) is 36.2 Å². The lowest BCUT2D eigenvalue weighted by molar-refractivity contribution is -0.134. The minimum atomic E-state index is -0.181. The van der Waals surface area contributed by atoms with Crippen LogP contribution in [0.3, 0.4) is 0 Å². The van der Waals surface area contributed by atoms with Gasteiger partial charge in [0.05, 0.1) is 25.9 Å². The number of benzene rings is 1. The Morgan fingerprint density at radius 3 is 2.52 bits per heavy atom. The molecule has 0 fully saturated rings. The quantitative estimate of drug-likeness (QED) is 0.795. The number of hydrogen-bond acceptors (Lipinski definition) is 4. The van der Waals surface area contributed by atoms with Crippen LogP contribution in [0.2, 0.25) is 0 Å². The monoisotopic (exact) mass is 341 g/mol. The van der Waals surface area contributed by atoms with Gasteiger partial charge in [-0.15, -0.1) is 0 Å². The average Bonchev–Trinajstić information content (AvgIpc) is 2.62. The Kier molecular flexibility index (Phi) is 6.95. The van der Waals surface area contributed by atoms with Crippen molar-refractivity contribution in [1.29, 1.82) is 0 Å². The van der Waals surface area contributed by atoms with Crippen LogP contribution < -0.4 is 10.1 Å². The molecule has 132 valence electrons. The lowest BCUT2D eigenvalue weighted by Crippen LogP contribution is -2.40. The number of amides is 2. The summed E-state index contributed by atoms with van der Waals surface area (Å²) in [7, 11) is 1.63. The van der Waals surface area contributed by atoms with Crippen molar-refractivity contribution in [3.63, 3.8) is 0 Å². The molecule has 1 heterocycles. The maximum atomic E-state index is 12.1. The lowest BCUT2D eigenvalue weighted by Gasteiger charge is -2.20. The molecule has 0 saturated carbocycles. The number of nitrogens with zero attached hydrogens (tertiary/aromatic N) is 2. The highest BCUT2D eigenvalue weighted by Crippen LogP contribution is 2.11. The molecule has 6 nitrogen and oxygen atoms in total. The summed E-state index contributed by atoms with van der Waals surface area (Å²) in [5, 5.41) is 2.85. The third-order valence-electron chi connectivity index (χ3n) is 3.75. The molecule has 1 N–H and O–H groups in total. The molecule has 2 amide bonds. The van der Waals surface area contributed by atoms with E-state index in [2.05, 4.69) is 10.3 Å². The van der Waals surface area contributed by atoms with Gasteiger partial charge in [0, 0.05) is 19.7 Å². The van der Waals surface area contributed by atoms with Gasteiger partial charge in [-0.3, -0.25) is 14.6 Å². The van der Waals surface area contributed by atoms with Crippen LogP contribution in [0.4, 0.5) is 0 Å². The van der Waals surface area contributed by atoms with E-state index in [-0.39, 0.29) is 18.4 Å². The fraction of sp³-hybridized carbons (Fsp3) is 0.316. The van der Waals surface area contributed by atoms with E-state index in [1.54, 1.807) is 13.3 Å². The fourth-order valence-corrected chi connectivity index (χ4v) is 2.33. The summed E-state index contributed by atoms with van der Waals surface area (Å²) in [6.45, 7) is 2.31. The van der Waals surface area contributed by atoms with Crippen molar-refractivity contribution in [2.75, 3.05) is 20.2 Å². The van der Waals surface area contributed by atoms with Gasteiger partial charge in [0.2, 0.25) is 11.8 Å². The SMILES string of the molecule is COc1ccc(CCNC(=O)CN(Cc2ccccn2)C(C)=O)cc1. The van der Waals surface area contributed by atoms with Crippen LogP contribution in [-0.4, -0.2) is 41.9 Å². The molecule has 0 saturated heterocycles. The van der Waals surface area contributed by atoms with Gasteiger partial charge >= 0.3 is 0 Å². The summed E-state index contributed by atoms with van der Waals surface area (Å²) >= 11 is 0. The Balaban J connectivity index is 1.79. The molecule has 0 unspecified atom stereocenters. The molecule has 1 aromatic carbocycles. The highest BCUT2D eigenvalue weighted by Gasteiger charge is 2.14. The number of carbonyl (C=O) groups excluding carboxylic acids is 2. The largest absolute Gasteiger partial charge is 0.497 e.